The topological polar surface area (TPSA) is 55.5 Å². The quantitative estimate of drug-likeness (QED) is 0.775. The monoisotopic (exact) mass is 231 g/mol. The Kier molecular flexibility index (Phi) is 5.75. The van der Waals surface area contributed by atoms with Crippen molar-refractivity contribution in [2.24, 2.45) is 0 Å². The molecule has 0 radical (unpaired) electrons. The highest BCUT2D eigenvalue weighted by atomic mass is 32.2. The average Bonchev–Trinajstić information content (AvgIpc) is 2.64. The van der Waals surface area contributed by atoms with Crippen LogP contribution in [-0.2, 0) is 17.1 Å². The lowest BCUT2D eigenvalue weighted by molar-refractivity contribution is 0.156. The molecule has 0 aliphatic heterocycles. The first kappa shape index (κ1) is 12.5. The van der Waals surface area contributed by atoms with E-state index < -0.39 is 0 Å². The van der Waals surface area contributed by atoms with Crippen LogP contribution in [0.15, 0.2) is 10.6 Å². The fourth-order valence-corrected chi connectivity index (χ4v) is 1.99. The number of hydrogen-bond acceptors (Lipinski definition) is 5. The second-order valence-corrected chi connectivity index (χ2v) is 4.78. The van der Waals surface area contributed by atoms with Gasteiger partial charge in [-0.15, -0.1) is 0 Å². The van der Waals surface area contributed by atoms with Crippen molar-refractivity contribution in [3.8, 4) is 0 Å². The second kappa shape index (κ2) is 6.87. The highest BCUT2D eigenvalue weighted by Crippen LogP contribution is 2.19. The van der Waals surface area contributed by atoms with E-state index in [1.165, 1.54) is 0 Å². The van der Waals surface area contributed by atoms with Gasteiger partial charge in [0.05, 0.1) is 5.69 Å². The van der Waals surface area contributed by atoms with Gasteiger partial charge in [0.2, 0.25) is 0 Å². The van der Waals surface area contributed by atoms with E-state index in [4.69, 9.17) is 14.4 Å². The Morgan fingerprint density at radius 3 is 3.13 bits per heavy atom. The van der Waals surface area contributed by atoms with Crippen LogP contribution in [0.4, 0.5) is 0 Å². The summed E-state index contributed by atoms with van der Waals surface area (Å²) < 4.78 is 9.99. The third-order valence-electron chi connectivity index (χ3n) is 1.95. The summed E-state index contributed by atoms with van der Waals surface area (Å²) in [5, 5.41) is 13.1. The smallest absolute Gasteiger partial charge is 0.162 e. The standard InChI is InChI=1S/C10H17NO3S/c1-8(3-4-12)15-7-9-5-10(6-13-2)14-11-9/h5,8,12H,3-4,6-7H2,1-2H3. The highest BCUT2D eigenvalue weighted by Gasteiger charge is 2.06. The Morgan fingerprint density at radius 2 is 2.47 bits per heavy atom. The first-order valence-electron chi connectivity index (χ1n) is 4.92. The Balaban J connectivity index is 2.30. The van der Waals surface area contributed by atoms with Gasteiger partial charge in [0.1, 0.15) is 6.61 Å². The molecule has 15 heavy (non-hydrogen) atoms. The van der Waals surface area contributed by atoms with Gasteiger partial charge in [0.25, 0.3) is 0 Å². The molecule has 0 fully saturated rings. The van der Waals surface area contributed by atoms with E-state index in [1.54, 1.807) is 18.9 Å². The fourth-order valence-electron chi connectivity index (χ4n) is 1.13. The molecule has 0 aromatic carbocycles. The predicted molar refractivity (Wildman–Crippen MR) is 59.7 cm³/mol. The van der Waals surface area contributed by atoms with Crippen molar-refractivity contribution in [3.63, 3.8) is 0 Å². The lowest BCUT2D eigenvalue weighted by Crippen LogP contribution is -1.99. The largest absolute Gasteiger partial charge is 0.396 e. The summed E-state index contributed by atoms with van der Waals surface area (Å²) in [5.41, 5.74) is 0.928. The molecule has 1 rings (SSSR count). The lowest BCUT2D eigenvalue weighted by atomic mass is 10.3. The molecular weight excluding hydrogens is 214 g/mol. The molecular formula is C10H17NO3S. The molecule has 1 unspecified atom stereocenters. The van der Waals surface area contributed by atoms with E-state index in [9.17, 15) is 0 Å². The number of ether oxygens (including phenoxy) is 1. The van der Waals surface area contributed by atoms with Gasteiger partial charge in [-0.2, -0.15) is 11.8 Å². The maximum Gasteiger partial charge on any atom is 0.162 e. The lowest BCUT2D eigenvalue weighted by Gasteiger charge is -2.06. The number of methoxy groups -OCH3 is 1. The zero-order valence-corrected chi connectivity index (χ0v) is 9.92. The number of aliphatic hydroxyl groups excluding tert-OH is 1. The zero-order valence-electron chi connectivity index (χ0n) is 9.10. The van der Waals surface area contributed by atoms with Gasteiger partial charge in [-0.05, 0) is 6.42 Å². The molecule has 1 atom stereocenters. The van der Waals surface area contributed by atoms with Crippen LogP contribution < -0.4 is 0 Å². The van der Waals surface area contributed by atoms with E-state index in [0.29, 0.717) is 11.9 Å². The average molecular weight is 231 g/mol. The van der Waals surface area contributed by atoms with Crippen LogP contribution in [0.1, 0.15) is 24.8 Å². The van der Waals surface area contributed by atoms with Crippen molar-refractivity contribution < 1.29 is 14.4 Å². The maximum atomic E-state index is 8.74. The summed E-state index contributed by atoms with van der Waals surface area (Å²) >= 11 is 1.76. The van der Waals surface area contributed by atoms with Gasteiger partial charge in [0.15, 0.2) is 5.76 Å². The van der Waals surface area contributed by atoms with E-state index in [-0.39, 0.29) is 6.61 Å². The van der Waals surface area contributed by atoms with Crippen molar-refractivity contribution in [1.82, 2.24) is 5.16 Å². The minimum atomic E-state index is 0.238. The summed E-state index contributed by atoms with van der Waals surface area (Å²) in [4.78, 5) is 0. The molecule has 0 amide bonds. The molecule has 0 bridgehead atoms. The zero-order chi connectivity index (χ0) is 11.1. The summed E-state index contributed by atoms with van der Waals surface area (Å²) in [6, 6.07) is 1.90. The molecule has 5 heteroatoms. The molecule has 1 aromatic rings. The summed E-state index contributed by atoms with van der Waals surface area (Å²) in [7, 11) is 1.63. The van der Waals surface area contributed by atoms with Crippen LogP contribution in [0.3, 0.4) is 0 Å². The molecule has 0 spiro atoms. The number of nitrogens with zero attached hydrogens (tertiary/aromatic N) is 1. The van der Waals surface area contributed by atoms with Crippen molar-refractivity contribution in [1.29, 1.82) is 0 Å². The van der Waals surface area contributed by atoms with Crippen LogP contribution in [0.5, 0.6) is 0 Å². The Hall–Kier alpha value is -0.520. The van der Waals surface area contributed by atoms with Crippen molar-refractivity contribution >= 4 is 11.8 Å². The minimum Gasteiger partial charge on any atom is -0.396 e. The van der Waals surface area contributed by atoms with Gasteiger partial charge in [0, 0.05) is 30.8 Å². The maximum absolute atomic E-state index is 8.74. The second-order valence-electron chi connectivity index (χ2n) is 3.35. The SMILES string of the molecule is COCc1cc(CSC(C)CCO)no1. The molecule has 0 saturated heterocycles. The highest BCUT2D eigenvalue weighted by molar-refractivity contribution is 7.99. The Labute approximate surface area is 94.0 Å². The van der Waals surface area contributed by atoms with Gasteiger partial charge < -0.3 is 14.4 Å². The normalized spacial score (nSPS) is 13.0. The summed E-state index contributed by atoms with van der Waals surface area (Å²) in [5.74, 6) is 1.57. The van der Waals surface area contributed by atoms with Gasteiger partial charge >= 0.3 is 0 Å². The molecule has 86 valence electrons. The predicted octanol–water partition coefficient (Wildman–Crippen LogP) is 1.83. The number of aliphatic hydroxyl groups is 1. The van der Waals surface area contributed by atoms with Crippen LogP contribution in [-0.4, -0.2) is 29.2 Å². The Bertz CT molecular complexity index is 277. The number of thioether (sulfide) groups is 1. The number of hydrogen-bond donors (Lipinski definition) is 1. The number of rotatable bonds is 7. The van der Waals surface area contributed by atoms with Gasteiger partial charge in [-0.1, -0.05) is 12.1 Å². The van der Waals surface area contributed by atoms with Crippen molar-refractivity contribution in [2.75, 3.05) is 13.7 Å². The number of aromatic nitrogens is 1. The first-order valence-corrected chi connectivity index (χ1v) is 5.97. The summed E-state index contributed by atoms with van der Waals surface area (Å²) in [6.07, 6.45) is 0.813. The Morgan fingerprint density at radius 1 is 1.67 bits per heavy atom. The summed E-state index contributed by atoms with van der Waals surface area (Å²) in [6.45, 7) is 2.79. The van der Waals surface area contributed by atoms with Crippen LogP contribution in [0, 0.1) is 0 Å². The third-order valence-corrected chi connectivity index (χ3v) is 3.21. The first-order chi connectivity index (χ1) is 7.26. The van der Waals surface area contributed by atoms with E-state index in [0.717, 1.165) is 23.6 Å². The van der Waals surface area contributed by atoms with Crippen molar-refractivity contribution in [2.45, 2.75) is 31.0 Å². The van der Waals surface area contributed by atoms with Gasteiger partial charge in [-0.25, -0.2) is 0 Å². The van der Waals surface area contributed by atoms with Crippen LogP contribution in [0.25, 0.3) is 0 Å². The van der Waals surface area contributed by atoms with E-state index in [1.807, 2.05) is 6.07 Å². The molecule has 0 aliphatic carbocycles. The fraction of sp³-hybridized carbons (Fsp3) is 0.700. The van der Waals surface area contributed by atoms with Crippen LogP contribution in [0.2, 0.25) is 0 Å². The van der Waals surface area contributed by atoms with Gasteiger partial charge in [-0.3, -0.25) is 0 Å². The van der Waals surface area contributed by atoms with Crippen molar-refractivity contribution in [3.05, 3.63) is 17.5 Å². The molecule has 1 N–H and O–H groups in total. The molecule has 1 heterocycles. The van der Waals surface area contributed by atoms with E-state index >= 15 is 0 Å². The molecule has 1 aromatic heterocycles. The third kappa shape index (κ3) is 4.68. The van der Waals surface area contributed by atoms with Crippen LogP contribution >= 0.6 is 11.8 Å². The molecule has 0 saturated carbocycles. The van der Waals surface area contributed by atoms with E-state index in [2.05, 4.69) is 12.1 Å². The molecule has 4 nitrogen and oxygen atoms in total. The molecule has 0 aliphatic rings. The minimum absolute atomic E-state index is 0.238.